The van der Waals surface area contributed by atoms with E-state index in [4.69, 9.17) is 27.9 Å². The third-order valence-corrected chi connectivity index (χ3v) is 3.68. The van der Waals surface area contributed by atoms with Crippen LogP contribution in [0, 0.1) is 10.1 Å². The number of Topliss-reactive ketones (excluding diaryl/α,β-unsaturated/α-hetero) is 1. The summed E-state index contributed by atoms with van der Waals surface area (Å²) in [7, 11) is 1.49. The zero-order valence-electron chi connectivity index (χ0n) is 12.0. The number of benzene rings is 2. The highest BCUT2D eigenvalue weighted by Gasteiger charge is 2.12. The third kappa shape index (κ3) is 4.12. The van der Waals surface area contributed by atoms with Crippen LogP contribution in [0.25, 0.3) is 0 Å². The molecule has 0 aliphatic heterocycles. The molecule has 2 aromatic rings. The van der Waals surface area contributed by atoms with E-state index in [1.54, 1.807) is 12.1 Å². The van der Waals surface area contributed by atoms with Gasteiger partial charge in [-0.3, -0.25) is 14.9 Å². The number of methoxy groups -OCH3 is 1. The van der Waals surface area contributed by atoms with E-state index in [9.17, 15) is 14.9 Å². The smallest absolute Gasteiger partial charge is 0.271 e. The van der Waals surface area contributed by atoms with Crippen molar-refractivity contribution in [2.45, 2.75) is 0 Å². The summed E-state index contributed by atoms with van der Waals surface area (Å²) in [5.41, 5.74) is 0.736. The molecule has 0 saturated heterocycles. The molecule has 2 rings (SSSR count). The van der Waals surface area contributed by atoms with Gasteiger partial charge in [0.25, 0.3) is 5.69 Å². The number of nitro groups is 1. The molecule has 0 amide bonds. The number of hydrogen-bond acceptors (Lipinski definition) is 5. The van der Waals surface area contributed by atoms with Crippen molar-refractivity contribution in [3.8, 4) is 5.75 Å². The van der Waals surface area contributed by atoms with E-state index in [0.29, 0.717) is 22.0 Å². The fraction of sp³-hybridized carbons (Fsp3) is 0.133. The first-order valence-electron chi connectivity index (χ1n) is 6.47. The number of ether oxygens (including phenoxy) is 1. The Balaban J connectivity index is 2.07. The van der Waals surface area contributed by atoms with Crippen LogP contribution in [0.3, 0.4) is 0 Å². The van der Waals surface area contributed by atoms with Crippen molar-refractivity contribution in [1.29, 1.82) is 0 Å². The number of nitrogens with zero attached hydrogens (tertiary/aromatic N) is 1. The van der Waals surface area contributed by atoms with Gasteiger partial charge in [0, 0.05) is 17.7 Å². The van der Waals surface area contributed by atoms with Crippen LogP contribution >= 0.6 is 23.2 Å². The van der Waals surface area contributed by atoms with Gasteiger partial charge >= 0.3 is 0 Å². The van der Waals surface area contributed by atoms with Gasteiger partial charge in [-0.15, -0.1) is 0 Å². The highest BCUT2D eigenvalue weighted by atomic mass is 35.5. The van der Waals surface area contributed by atoms with Crippen LogP contribution in [0.5, 0.6) is 5.75 Å². The molecule has 0 fully saturated rings. The van der Waals surface area contributed by atoms with Crippen LogP contribution < -0.4 is 10.1 Å². The molecular weight excluding hydrogens is 343 g/mol. The quantitative estimate of drug-likeness (QED) is 0.477. The van der Waals surface area contributed by atoms with E-state index in [-0.39, 0.29) is 23.0 Å². The number of ketones is 1. The number of carbonyl (C=O) groups is 1. The van der Waals surface area contributed by atoms with Crippen LogP contribution in [0.4, 0.5) is 11.4 Å². The first-order valence-corrected chi connectivity index (χ1v) is 7.22. The Morgan fingerprint density at radius 3 is 2.52 bits per heavy atom. The second-order valence-corrected chi connectivity index (χ2v) is 5.36. The molecule has 120 valence electrons. The van der Waals surface area contributed by atoms with Crippen LogP contribution in [0.2, 0.25) is 10.0 Å². The summed E-state index contributed by atoms with van der Waals surface area (Å²) in [4.78, 5) is 22.3. The molecule has 0 spiro atoms. The molecule has 0 unspecified atom stereocenters. The maximum absolute atomic E-state index is 12.1. The number of nitrogens with one attached hydrogen (secondary N) is 1. The highest BCUT2D eigenvalue weighted by molar-refractivity contribution is 6.33. The molecule has 2 aromatic carbocycles. The molecule has 23 heavy (non-hydrogen) atoms. The number of halogens is 2. The number of hydrogen-bond donors (Lipinski definition) is 1. The van der Waals surface area contributed by atoms with E-state index in [1.807, 2.05) is 0 Å². The molecule has 1 N–H and O–H groups in total. The molecule has 0 bridgehead atoms. The molecule has 6 nitrogen and oxygen atoms in total. The van der Waals surface area contributed by atoms with Gasteiger partial charge in [0.05, 0.1) is 34.3 Å². The van der Waals surface area contributed by atoms with Crippen LogP contribution in [-0.2, 0) is 0 Å². The number of anilines is 1. The zero-order valence-corrected chi connectivity index (χ0v) is 13.5. The fourth-order valence-corrected chi connectivity index (χ4v) is 2.38. The Bertz CT molecular complexity index is 765. The van der Waals surface area contributed by atoms with Gasteiger partial charge in [-0.05, 0) is 24.3 Å². The van der Waals surface area contributed by atoms with Gasteiger partial charge in [-0.25, -0.2) is 0 Å². The van der Waals surface area contributed by atoms with Crippen molar-refractivity contribution in [3.63, 3.8) is 0 Å². The monoisotopic (exact) mass is 354 g/mol. The maximum Gasteiger partial charge on any atom is 0.271 e. The Labute approximate surface area is 142 Å². The van der Waals surface area contributed by atoms with Gasteiger partial charge < -0.3 is 10.1 Å². The molecular formula is C15H12Cl2N2O4. The Hall–Kier alpha value is -2.31. The van der Waals surface area contributed by atoms with Crippen molar-refractivity contribution in [1.82, 2.24) is 0 Å². The second-order valence-electron chi connectivity index (χ2n) is 4.55. The molecule has 0 saturated carbocycles. The minimum Gasteiger partial charge on any atom is -0.495 e. The highest BCUT2D eigenvalue weighted by Crippen LogP contribution is 2.27. The summed E-state index contributed by atoms with van der Waals surface area (Å²) in [6, 6.07) is 8.71. The van der Waals surface area contributed by atoms with Crippen molar-refractivity contribution >= 4 is 40.4 Å². The van der Waals surface area contributed by atoms with Crippen molar-refractivity contribution in [3.05, 3.63) is 62.1 Å². The Morgan fingerprint density at radius 1 is 1.22 bits per heavy atom. The standard InChI is InChI=1S/C15H12Cl2N2O4/c1-23-15-5-2-9(6-12(15)17)14(20)8-18-13-4-3-10(19(21)22)7-11(13)16/h2-7,18H,8H2,1H3. The van der Waals surface area contributed by atoms with Crippen molar-refractivity contribution in [2.24, 2.45) is 0 Å². The van der Waals surface area contributed by atoms with Gasteiger partial charge in [-0.1, -0.05) is 23.2 Å². The topological polar surface area (TPSA) is 81.5 Å². The normalized spacial score (nSPS) is 10.2. The molecule has 0 atom stereocenters. The van der Waals surface area contributed by atoms with E-state index >= 15 is 0 Å². The lowest BCUT2D eigenvalue weighted by Gasteiger charge is -2.09. The predicted octanol–water partition coefficient (Wildman–Crippen LogP) is 4.21. The van der Waals surface area contributed by atoms with Crippen molar-refractivity contribution < 1.29 is 14.5 Å². The van der Waals surface area contributed by atoms with Crippen LogP contribution in [0.15, 0.2) is 36.4 Å². The van der Waals surface area contributed by atoms with Gasteiger partial charge in [0.1, 0.15) is 5.75 Å². The lowest BCUT2D eigenvalue weighted by atomic mass is 10.1. The maximum atomic E-state index is 12.1. The van der Waals surface area contributed by atoms with Crippen LogP contribution in [-0.4, -0.2) is 24.4 Å². The largest absolute Gasteiger partial charge is 0.495 e. The Kier molecular flexibility index (Phi) is 5.41. The minimum absolute atomic E-state index is 0.0276. The lowest BCUT2D eigenvalue weighted by molar-refractivity contribution is -0.384. The molecule has 0 aliphatic rings. The van der Waals surface area contributed by atoms with E-state index in [2.05, 4.69) is 5.32 Å². The summed E-state index contributed by atoms with van der Waals surface area (Å²) in [6.07, 6.45) is 0. The molecule has 0 radical (unpaired) electrons. The SMILES string of the molecule is COc1ccc(C(=O)CNc2ccc([N+](=O)[O-])cc2Cl)cc1Cl. The summed E-state index contributed by atoms with van der Waals surface area (Å²) < 4.78 is 5.02. The summed E-state index contributed by atoms with van der Waals surface area (Å²) >= 11 is 11.9. The lowest BCUT2D eigenvalue weighted by Crippen LogP contribution is -2.14. The molecule has 0 aliphatic carbocycles. The second kappa shape index (κ2) is 7.30. The fourth-order valence-electron chi connectivity index (χ4n) is 1.88. The molecule has 0 aromatic heterocycles. The number of carbonyl (C=O) groups excluding carboxylic acids is 1. The molecule has 0 heterocycles. The first-order chi connectivity index (χ1) is 10.9. The summed E-state index contributed by atoms with van der Waals surface area (Å²) in [5, 5.41) is 14.0. The average Bonchev–Trinajstić information content (AvgIpc) is 2.53. The summed E-state index contributed by atoms with van der Waals surface area (Å²) in [5.74, 6) is 0.276. The van der Waals surface area contributed by atoms with E-state index in [1.165, 1.54) is 31.4 Å². The summed E-state index contributed by atoms with van der Waals surface area (Å²) in [6.45, 7) is -0.0276. The molecule has 8 heteroatoms. The van der Waals surface area contributed by atoms with Crippen LogP contribution in [0.1, 0.15) is 10.4 Å². The minimum atomic E-state index is -0.542. The van der Waals surface area contributed by atoms with Gasteiger partial charge in [0.2, 0.25) is 0 Å². The average molecular weight is 355 g/mol. The van der Waals surface area contributed by atoms with Gasteiger partial charge in [-0.2, -0.15) is 0 Å². The predicted molar refractivity (Wildman–Crippen MR) is 88.9 cm³/mol. The van der Waals surface area contributed by atoms with Crippen molar-refractivity contribution in [2.75, 3.05) is 19.0 Å². The Morgan fingerprint density at radius 2 is 1.96 bits per heavy atom. The zero-order chi connectivity index (χ0) is 17.0. The van der Waals surface area contributed by atoms with E-state index < -0.39 is 4.92 Å². The van der Waals surface area contributed by atoms with E-state index in [0.717, 1.165) is 0 Å². The number of nitro benzene ring substituents is 1. The first kappa shape index (κ1) is 17.1. The third-order valence-electron chi connectivity index (χ3n) is 3.08. The van der Waals surface area contributed by atoms with Gasteiger partial charge in [0.15, 0.2) is 5.78 Å². The number of rotatable bonds is 6. The number of non-ortho nitro benzene ring substituents is 1.